The molecule has 0 bridgehead atoms. The summed E-state index contributed by atoms with van der Waals surface area (Å²) >= 11 is 7.14. The molecule has 0 radical (unpaired) electrons. The van der Waals surface area contributed by atoms with E-state index in [0.717, 1.165) is 6.42 Å². The van der Waals surface area contributed by atoms with Gasteiger partial charge in [0.05, 0.1) is 5.02 Å². The molecule has 0 aliphatic carbocycles. The number of halogens is 1. The van der Waals surface area contributed by atoms with E-state index in [1.807, 2.05) is 6.92 Å². The second-order valence-electron chi connectivity index (χ2n) is 3.12. The van der Waals surface area contributed by atoms with Gasteiger partial charge in [0.2, 0.25) is 0 Å². The van der Waals surface area contributed by atoms with Gasteiger partial charge in [0.15, 0.2) is 0 Å². The normalized spacial score (nSPS) is 12.5. The molecule has 78 valence electrons. The van der Waals surface area contributed by atoms with E-state index in [2.05, 4.69) is 5.32 Å². The molecular weight excluding hydrogens is 220 g/mol. The molecule has 14 heavy (non-hydrogen) atoms. The van der Waals surface area contributed by atoms with Crippen LogP contribution in [0.4, 0.5) is 0 Å². The molecule has 0 spiro atoms. The Morgan fingerprint density at radius 1 is 1.79 bits per heavy atom. The Bertz CT molecular complexity index is 312. The molecule has 0 aliphatic heterocycles. The first kappa shape index (κ1) is 11.5. The van der Waals surface area contributed by atoms with Gasteiger partial charge in [-0.1, -0.05) is 11.6 Å². The monoisotopic (exact) mass is 232 g/mol. The number of hydrogen-bond acceptors (Lipinski definition) is 3. The fourth-order valence-corrected chi connectivity index (χ4v) is 2.01. The Balaban J connectivity index is 2.40. The lowest BCUT2D eigenvalue weighted by Gasteiger charge is -2.06. The number of nitrogens with two attached hydrogens (primary N) is 1. The van der Waals surface area contributed by atoms with E-state index in [1.54, 1.807) is 11.4 Å². The maximum atomic E-state index is 11.5. The zero-order valence-corrected chi connectivity index (χ0v) is 9.49. The van der Waals surface area contributed by atoms with Crippen LogP contribution in [0.3, 0.4) is 0 Å². The van der Waals surface area contributed by atoms with E-state index in [9.17, 15) is 4.79 Å². The van der Waals surface area contributed by atoms with Crippen LogP contribution in [-0.2, 0) is 0 Å². The first-order valence-corrected chi connectivity index (χ1v) is 5.64. The van der Waals surface area contributed by atoms with Gasteiger partial charge in [-0.25, -0.2) is 0 Å². The molecule has 1 rings (SSSR count). The Labute approximate surface area is 92.3 Å². The van der Waals surface area contributed by atoms with Crippen molar-refractivity contribution in [3.05, 3.63) is 21.3 Å². The minimum atomic E-state index is -0.120. The lowest BCUT2D eigenvalue weighted by atomic mass is 10.2. The third kappa shape index (κ3) is 3.29. The highest BCUT2D eigenvalue weighted by molar-refractivity contribution is 7.12. The smallest absolute Gasteiger partial charge is 0.262 e. The van der Waals surface area contributed by atoms with Crippen molar-refractivity contribution in [2.45, 2.75) is 19.4 Å². The SMILES string of the molecule is CC(N)CCNC(=O)c1sccc1Cl. The standard InChI is InChI=1S/C9H13ClN2OS/c1-6(11)2-4-12-9(13)8-7(10)3-5-14-8/h3,5-6H,2,4,11H2,1H3,(H,12,13). The highest BCUT2D eigenvalue weighted by Crippen LogP contribution is 2.21. The molecule has 3 N–H and O–H groups in total. The number of carbonyl (C=O) groups excluding carboxylic acids is 1. The minimum absolute atomic E-state index is 0.106. The van der Waals surface area contributed by atoms with Crippen LogP contribution in [0.5, 0.6) is 0 Å². The molecule has 1 unspecified atom stereocenters. The summed E-state index contributed by atoms with van der Waals surface area (Å²) in [5.74, 6) is -0.120. The third-order valence-corrected chi connectivity index (χ3v) is 3.05. The summed E-state index contributed by atoms with van der Waals surface area (Å²) in [5, 5.41) is 5.07. The molecule has 1 heterocycles. The van der Waals surface area contributed by atoms with Gasteiger partial charge in [0, 0.05) is 12.6 Å². The van der Waals surface area contributed by atoms with Crippen LogP contribution in [-0.4, -0.2) is 18.5 Å². The molecule has 0 aromatic carbocycles. The Kier molecular flexibility index (Phi) is 4.38. The third-order valence-electron chi connectivity index (χ3n) is 1.71. The van der Waals surface area contributed by atoms with Crippen molar-refractivity contribution in [1.82, 2.24) is 5.32 Å². The Morgan fingerprint density at radius 3 is 3.00 bits per heavy atom. The van der Waals surface area contributed by atoms with Gasteiger partial charge in [0.25, 0.3) is 5.91 Å². The number of amides is 1. The lowest BCUT2D eigenvalue weighted by Crippen LogP contribution is -2.28. The van der Waals surface area contributed by atoms with E-state index in [0.29, 0.717) is 16.4 Å². The van der Waals surface area contributed by atoms with Gasteiger partial charge in [0.1, 0.15) is 4.88 Å². The van der Waals surface area contributed by atoms with Gasteiger partial charge in [-0.05, 0) is 24.8 Å². The van der Waals surface area contributed by atoms with Gasteiger partial charge in [-0.3, -0.25) is 4.79 Å². The fraction of sp³-hybridized carbons (Fsp3) is 0.444. The van der Waals surface area contributed by atoms with Gasteiger partial charge >= 0.3 is 0 Å². The van der Waals surface area contributed by atoms with E-state index >= 15 is 0 Å². The van der Waals surface area contributed by atoms with E-state index in [1.165, 1.54) is 11.3 Å². The summed E-state index contributed by atoms with van der Waals surface area (Å²) in [4.78, 5) is 12.0. The molecule has 0 saturated carbocycles. The average Bonchev–Trinajstić information content (AvgIpc) is 2.50. The zero-order valence-electron chi connectivity index (χ0n) is 7.92. The highest BCUT2D eigenvalue weighted by Gasteiger charge is 2.10. The summed E-state index contributed by atoms with van der Waals surface area (Å²) in [6.07, 6.45) is 0.773. The maximum absolute atomic E-state index is 11.5. The van der Waals surface area contributed by atoms with Crippen molar-refractivity contribution < 1.29 is 4.79 Å². The van der Waals surface area contributed by atoms with Gasteiger partial charge in [-0.15, -0.1) is 11.3 Å². The fourth-order valence-electron chi connectivity index (χ4n) is 0.949. The van der Waals surface area contributed by atoms with Crippen molar-refractivity contribution in [3.63, 3.8) is 0 Å². The van der Waals surface area contributed by atoms with Crippen LogP contribution < -0.4 is 11.1 Å². The molecule has 0 fully saturated rings. The summed E-state index contributed by atoms with van der Waals surface area (Å²) in [6, 6.07) is 1.82. The molecule has 1 atom stereocenters. The van der Waals surface area contributed by atoms with Crippen LogP contribution in [0.15, 0.2) is 11.4 Å². The van der Waals surface area contributed by atoms with Crippen LogP contribution in [0.2, 0.25) is 5.02 Å². The summed E-state index contributed by atoms with van der Waals surface area (Å²) in [6.45, 7) is 2.50. The topological polar surface area (TPSA) is 55.1 Å². The Hall–Kier alpha value is -0.580. The first-order valence-electron chi connectivity index (χ1n) is 4.38. The number of carbonyl (C=O) groups is 1. The molecular formula is C9H13ClN2OS. The first-order chi connectivity index (χ1) is 6.61. The maximum Gasteiger partial charge on any atom is 0.262 e. The van der Waals surface area contributed by atoms with Crippen molar-refractivity contribution in [1.29, 1.82) is 0 Å². The largest absolute Gasteiger partial charge is 0.351 e. The highest BCUT2D eigenvalue weighted by atomic mass is 35.5. The number of nitrogens with one attached hydrogen (secondary N) is 1. The summed E-state index contributed by atoms with van der Waals surface area (Å²) < 4.78 is 0. The molecule has 0 saturated heterocycles. The van der Waals surface area contributed by atoms with Crippen molar-refractivity contribution in [2.75, 3.05) is 6.54 Å². The zero-order chi connectivity index (χ0) is 10.6. The van der Waals surface area contributed by atoms with Crippen LogP contribution in [0, 0.1) is 0 Å². The second kappa shape index (κ2) is 5.34. The Morgan fingerprint density at radius 2 is 2.50 bits per heavy atom. The van der Waals surface area contributed by atoms with Crippen molar-refractivity contribution >= 4 is 28.8 Å². The number of thiophene rings is 1. The molecule has 1 amide bonds. The summed E-state index contributed by atoms with van der Waals surface area (Å²) in [7, 11) is 0. The molecule has 0 aliphatic rings. The van der Waals surface area contributed by atoms with E-state index in [-0.39, 0.29) is 11.9 Å². The average molecular weight is 233 g/mol. The van der Waals surface area contributed by atoms with Crippen LogP contribution in [0.25, 0.3) is 0 Å². The van der Waals surface area contributed by atoms with Crippen LogP contribution >= 0.6 is 22.9 Å². The predicted molar refractivity (Wildman–Crippen MR) is 59.9 cm³/mol. The van der Waals surface area contributed by atoms with Crippen molar-refractivity contribution in [2.24, 2.45) is 5.73 Å². The van der Waals surface area contributed by atoms with E-state index < -0.39 is 0 Å². The quantitative estimate of drug-likeness (QED) is 0.833. The molecule has 1 aromatic rings. The summed E-state index contributed by atoms with van der Waals surface area (Å²) in [5.41, 5.74) is 5.55. The van der Waals surface area contributed by atoms with Gasteiger partial charge in [-0.2, -0.15) is 0 Å². The molecule has 1 aromatic heterocycles. The predicted octanol–water partition coefficient (Wildman–Crippen LogP) is 1.87. The van der Waals surface area contributed by atoms with E-state index in [4.69, 9.17) is 17.3 Å². The molecule has 3 nitrogen and oxygen atoms in total. The van der Waals surface area contributed by atoms with Crippen molar-refractivity contribution in [3.8, 4) is 0 Å². The number of hydrogen-bond donors (Lipinski definition) is 2. The lowest BCUT2D eigenvalue weighted by molar-refractivity contribution is 0.0957. The van der Waals surface area contributed by atoms with Gasteiger partial charge < -0.3 is 11.1 Å². The minimum Gasteiger partial charge on any atom is -0.351 e. The molecule has 5 heteroatoms. The number of rotatable bonds is 4. The second-order valence-corrected chi connectivity index (χ2v) is 4.44. The van der Waals surface area contributed by atoms with Crippen LogP contribution in [0.1, 0.15) is 23.0 Å².